The maximum Gasteiger partial charge on any atom is 0.0595 e. The third-order valence-corrected chi connectivity index (χ3v) is 4.10. The summed E-state index contributed by atoms with van der Waals surface area (Å²) < 4.78 is 1.12. The third-order valence-electron chi connectivity index (χ3n) is 2.59. The fourth-order valence-electron chi connectivity index (χ4n) is 1.63. The molecule has 0 aliphatic carbocycles. The van der Waals surface area contributed by atoms with Crippen LogP contribution in [0.15, 0.2) is 46.9 Å². The Bertz CT molecular complexity index is 543. The van der Waals surface area contributed by atoms with Gasteiger partial charge in [-0.05, 0) is 29.3 Å². The molecule has 0 saturated carbocycles. The molecule has 0 aromatic heterocycles. The highest BCUT2D eigenvalue weighted by molar-refractivity contribution is 9.10. The second-order valence-electron chi connectivity index (χ2n) is 3.94. The maximum atomic E-state index is 5.97. The molecule has 0 atom stereocenters. The fraction of sp³-hybridized carbons (Fsp3) is 0.143. The van der Waals surface area contributed by atoms with Crippen molar-refractivity contribution in [2.24, 2.45) is 0 Å². The van der Waals surface area contributed by atoms with Gasteiger partial charge in [0.2, 0.25) is 0 Å². The van der Waals surface area contributed by atoms with Gasteiger partial charge in [-0.3, -0.25) is 0 Å². The van der Waals surface area contributed by atoms with Crippen molar-refractivity contribution in [2.45, 2.75) is 13.1 Å². The molecule has 2 rings (SSSR count). The lowest BCUT2D eigenvalue weighted by atomic mass is 10.2. The molecule has 0 heterocycles. The zero-order chi connectivity index (χ0) is 13.0. The van der Waals surface area contributed by atoms with Crippen LogP contribution in [0, 0.1) is 0 Å². The molecule has 2 aromatic rings. The lowest BCUT2D eigenvalue weighted by Crippen LogP contribution is -2.12. The molecule has 1 N–H and O–H groups in total. The fourth-order valence-corrected chi connectivity index (χ4v) is 2.38. The lowest BCUT2D eigenvalue weighted by molar-refractivity contribution is 0.691. The topological polar surface area (TPSA) is 12.0 Å². The first-order valence-corrected chi connectivity index (χ1v) is 7.10. The Kier molecular flexibility index (Phi) is 5.07. The minimum atomic E-state index is 0.589. The van der Waals surface area contributed by atoms with E-state index >= 15 is 0 Å². The Labute approximate surface area is 125 Å². The van der Waals surface area contributed by atoms with Gasteiger partial charge in [0, 0.05) is 17.6 Å². The van der Waals surface area contributed by atoms with E-state index in [1.54, 1.807) is 0 Å². The van der Waals surface area contributed by atoms with Gasteiger partial charge in [-0.25, -0.2) is 0 Å². The summed E-state index contributed by atoms with van der Waals surface area (Å²) >= 11 is 15.4. The van der Waals surface area contributed by atoms with Gasteiger partial charge in [-0.2, -0.15) is 0 Å². The van der Waals surface area contributed by atoms with Crippen LogP contribution < -0.4 is 5.32 Å². The summed E-state index contributed by atoms with van der Waals surface area (Å²) in [6.45, 7) is 1.57. The largest absolute Gasteiger partial charge is 0.309 e. The first-order chi connectivity index (χ1) is 8.66. The van der Waals surface area contributed by atoms with Gasteiger partial charge < -0.3 is 5.32 Å². The highest BCUT2D eigenvalue weighted by Crippen LogP contribution is 2.22. The minimum absolute atomic E-state index is 0.589. The molecular weight excluding hydrogens is 333 g/mol. The summed E-state index contributed by atoms with van der Waals surface area (Å²) in [7, 11) is 0. The van der Waals surface area contributed by atoms with Crippen molar-refractivity contribution < 1.29 is 0 Å². The molecule has 0 unspecified atom stereocenters. The van der Waals surface area contributed by atoms with E-state index in [2.05, 4.69) is 27.3 Å². The normalized spacial score (nSPS) is 10.6. The summed E-state index contributed by atoms with van der Waals surface area (Å²) in [6.07, 6.45) is 0. The molecule has 0 amide bonds. The van der Waals surface area contributed by atoms with Crippen LogP contribution in [0.5, 0.6) is 0 Å². The van der Waals surface area contributed by atoms with Gasteiger partial charge in [-0.1, -0.05) is 63.4 Å². The molecule has 2 aromatic carbocycles. The van der Waals surface area contributed by atoms with Crippen molar-refractivity contribution in [3.05, 3.63) is 68.1 Å². The predicted octanol–water partition coefficient (Wildman–Crippen LogP) is 5.05. The third kappa shape index (κ3) is 3.72. The van der Waals surface area contributed by atoms with E-state index < -0.39 is 0 Å². The number of halogens is 3. The van der Waals surface area contributed by atoms with Crippen LogP contribution in [0.2, 0.25) is 10.0 Å². The number of nitrogens with one attached hydrogen (secondary N) is 1. The van der Waals surface area contributed by atoms with E-state index in [1.165, 1.54) is 5.56 Å². The van der Waals surface area contributed by atoms with Crippen molar-refractivity contribution >= 4 is 39.1 Å². The Morgan fingerprint density at radius 1 is 0.944 bits per heavy atom. The molecule has 0 aliphatic rings. The molecule has 0 bridgehead atoms. The van der Waals surface area contributed by atoms with Crippen molar-refractivity contribution in [1.82, 2.24) is 5.32 Å². The molecule has 18 heavy (non-hydrogen) atoms. The monoisotopic (exact) mass is 343 g/mol. The standard InChI is InChI=1S/C14H12BrCl2N/c15-12-4-2-1-3-11(12)9-18-8-10-5-6-13(16)14(17)7-10/h1-7,18H,8-9H2. The van der Waals surface area contributed by atoms with E-state index in [1.807, 2.05) is 36.4 Å². The average Bonchev–Trinajstić information content (AvgIpc) is 2.36. The van der Waals surface area contributed by atoms with Crippen molar-refractivity contribution in [3.8, 4) is 0 Å². The van der Waals surface area contributed by atoms with Gasteiger partial charge in [0.05, 0.1) is 10.0 Å². The van der Waals surface area contributed by atoms with E-state index in [4.69, 9.17) is 23.2 Å². The number of hydrogen-bond acceptors (Lipinski definition) is 1. The Balaban J connectivity index is 1.92. The highest BCUT2D eigenvalue weighted by Gasteiger charge is 2.01. The van der Waals surface area contributed by atoms with Gasteiger partial charge in [0.15, 0.2) is 0 Å². The molecule has 0 aliphatic heterocycles. The SMILES string of the molecule is Clc1ccc(CNCc2ccccc2Br)cc1Cl. The first-order valence-electron chi connectivity index (χ1n) is 5.55. The minimum Gasteiger partial charge on any atom is -0.309 e. The Morgan fingerprint density at radius 2 is 1.72 bits per heavy atom. The van der Waals surface area contributed by atoms with E-state index in [0.29, 0.717) is 10.0 Å². The summed E-state index contributed by atoms with van der Waals surface area (Å²) in [5, 5.41) is 4.56. The summed E-state index contributed by atoms with van der Waals surface area (Å²) in [5.41, 5.74) is 2.36. The number of hydrogen-bond donors (Lipinski definition) is 1. The summed E-state index contributed by atoms with van der Waals surface area (Å²) in [4.78, 5) is 0. The van der Waals surface area contributed by atoms with E-state index in [-0.39, 0.29) is 0 Å². The Hall–Kier alpha value is -0.540. The lowest BCUT2D eigenvalue weighted by Gasteiger charge is -2.07. The molecule has 4 heteroatoms. The summed E-state index contributed by atoms with van der Waals surface area (Å²) in [6, 6.07) is 13.8. The van der Waals surface area contributed by atoms with Gasteiger partial charge in [0.25, 0.3) is 0 Å². The molecule has 0 saturated heterocycles. The van der Waals surface area contributed by atoms with Crippen molar-refractivity contribution in [3.63, 3.8) is 0 Å². The van der Waals surface area contributed by atoms with Crippen LogP contribution >= 0.6 is 39.1 Å². The smallest absolute Gasteiger partial charge is 0.0595 e. The predicted molar refractivity (Wildman–Crippen MR) is 81.1 cm³/mol. The average molecular weight is 345 g/mol. The molecule has 94 valence electrons. The number of benzene rings is 2. The van der Waals surface area contributed by atoms with Crippen molar-refractivity contribution in [2.75, 3.05) is 0 Å². The zero-order valence-electron chi connectivity index (χ0n) is 9.59. The molecule has 0 fully saturated rings. The molecule has 0 radical (unpaired) electrons. The number of rotatable bonds is 4. The van der Waals surface area contributed by atoms with Crippen molar-refractivity contribution in [1.29, 1.82) is 0 Å². The summed E-state index contributed by atoms with van der Waals surface area (Å²) in [5.74, 6) is 0. The van der Waals surface area contributed by atoms with Crippen LogP contribution in [0.25, 0.3) is 0 Å². The maximum absolute atomic E-state index is 5.97. The van der Waals surface area contributed by atoms with Gasteiger partial charge >= 0.3 is 0 Å². The van der Waals surface area contributed by atoms with E-state index in [9.17, 15) is 0 Å². The Morgan fingerprint density at radius 3 is 2.44 bits per heavy atom. The quantitative estimate of drug-likeness (QED) is 0.818. The van der Waals surface area contributed by atoms with Crippen LogP contribution in [0.3, 0.4) is 0 Å². The second kappa shape index (κ2) is 6.58. The molecule has 0 spiro atoms. The molecular formula is C14H12BrCl2N. The zero-order valence-corrected chi connectivity index (χ0v) is 12.7. The first kappa shape index (κ1) is 13.9. The molecule has 1 nitrogen and oxygen atoms in total. The van der Waals surface area contributed by atoms with Crippen LogP contribution in [-0.4, -0.2) is 0 Å². The van der Waals surface area contributed by atoms with Crippen LogP contribution in [0.4, 0.5) is 0 Å². The van der Waals surface area contributed by atoms with E-state index in [0.717, 1.165) is 23.1 Å². The van der Waals surface area contributed by atoms with Crippen LogP contribution in [0.1, 0.15) is 11.1 Å². The van der Waals surface area contributed by atoms with Gasteiger partial charge in [0.1, 0.15) is 0 Å². The van der Waals surface area contributed by atoms with Crippen LogP contribution in [-0.2, 0) is 13.1 Å². The van der Waals surface area contributed by atoms with Gasteiger partial charge in [-0.15, -0.1) is 0 Å². The second-order valence-corrected chi connectivity index (χ2v) is 5.61. The highest BCUT2D eigenvalue weighted by atomic mass is 79.9.